The van der Waals surface area contributed by atoms with Crippen molar-refractivity contribution in [2.24, 2.45) is 0 Å². The summed E-state index contributed by atoms with van der Waals surface area (Å²) in [7, 11) is 0. The van der Waals surface area contributed by atoms with Gasteiger partial charge >= 0.3 is 5.97 Å². The van der Waals surface area contributed by atoms with E-state index in [4.69, 9.17) is 4.42 Å². The van der Waals surface area contributed by atoms with E-state index in [-0.39, 0.29) is 11.3 Å². The Labute approximate surface area is 95.1 Å². The molecule has 0 spiro atoms. The molecule has 1 N–H and O–H groups in total. The molecule has 0 aliphatic heterocycles. The Kier molecular flexibility index (Phi) is 1.94. The summed E-state index contributed by atoms with van der Waals surface area (Å²) in [5.74, 6) is -0.669. The summed E-state index contributed by atoms with van der Waals surface area (Å²) < 4.78 is 6.59. The first-order valence-corrected chi connectivity index (χ1v) is 4.88. The average molecular weight is 229 g/mol. The fraction of sp³-hybridized carbons (Fsp3) is 0. The van der Waals surface area contributed by atoms with E-state index in [9.17, 15) is 9.90 Å². The third-order valence-corrected chi connectivity index (χ3v) is 2.36. The van der Waals surface area contributed by atoms with Crippen molar-refractivity contribution < 1.29 is 14.3 Å². The zero-order valence-corrected chi connectivity index (χ0v) is 8.57. The van der Waals surface area contributed by atoms with E-state index >= 15 is 0 Å². The normalized spacial score (nSPS) is 10.8. The van der Waals surface area contributed by atoms with Crippen LogP contribution in [0.3, 0.4) is 0 Å². The number of carboxylic acid groups (broad SMARTS) is 1. The molecule has 0 radical (unpaired) electrons. The van der Waals surface area contributed by atoms with Crippen LogP contribution in [0.15, 0.2) is 41.3 Å². The molecule has 0 bridgehead atoms. The van der Waals surface area contributed by atoms with Crippen molar-refractivity contribution in [1.29, 1.82) is 0 Å². The van der Waals surface area contributed by atoms with Crippen molar-refractivity contribution in [3.63, 3.8) is 0 Å². The van der Waals surface area contributed by atoms with Crippen molar-refractivity contribution in [2.75, 3.05) is 0 Å². The highest BCUT2D eigenvalue weighted by atomic mass is 16.4. The molecule has 3 heterocycles. The summed E-state index contributed by atoms with van der Waals surface area (Å²) in [5.41, 5.74) is 0.619. The lowest BCUT2D eigenvalue weighted by molar-refractivity contribution is 0.0699. The molecule has 0 fully saturated rings. The van der Waals surface area contributed by atoms with E-state index in [1.165, 1.54) is 17.0 Å². The monoisotopic (exact) mass is 229 g/mol. The van der Waals surface area contributed by atoms with Gasteiger partial charge in [0.1, 0.15) is 11.3 Å². The summed E-state index contributed by atoms with van der Waals surface area (Å²) in [6.45, 7) is 0. The summed E-state index contributed by atoms with van der Waals surface area (Å²) in [4.78, 5) is 15.3. The molecule has 0 saturated heterocycles. The minimum absolute atomic E-state index is 0.0422. The molecule has 6 heteroatoms. The number of furan rings is 1. The lowest BCUT2D eigenvalue weighted by Crippen LogP contribution is -1.98. The molecule has 17 heavy (non-hydrogen) atoms. The van der Waals surface area contributed by atoms with Crippen LogP contribution in [0.5, 0.6) is 0 Å². The Hall–Kier alpha value is -2.63. The zero-order chi connectivity index (χ0) is 11.8. The second-order valence-electron chi connectivity index (χ2n) is 3.39. The van der Waals surface area contributed by atoms with Gasteiger partial charge in [-0.2, -0.15) is 5.10 Å². The number of hydrogen-bond acceptors (Lipinski definition) is 4. The number of carbonyl (C=O) groups is 1. The van der Waals surface area contributed by atoms with E-state index in [1.807, 2.05) is 0 Å². The molecule has 3 aromatic rings. The number of aromatic carboxylic acids is 1. The van der Waals surface area contributed by atoms with E-state index in [1.54, 1.807) is 24.4 Å². The van der Waals surface area contributed by atoms with E-state index in [0.29, 0.717) is 11.4 Å². The van der Waals surface area contributed by atoms with Gasteiger partial charge in [0.05, 0.1) is 6.26 Å². The van der Waals surface area contributed by atoms with Crippen LogP contribution in [0.25, 0.3) is 17.1 Å². The fourth-order valence-electron chi connectivity index (χ4n) is 1.67. The molecule has 0 aromatic carbocycles. The quantitative estimate of drug-likeness (QED) is 0.723. The van der Waals surface area contributed by atoms with Crippen LogP contribution in [0.4, 0.5) is 0 Å². The highest BCUT2D eigenvalue weighted by Gasteiger charge is 2.22. The summed E-state index contributed by atoms with van der Waals surface area (Å²) in [6, 6.07) is 5.02. The van der Waals surface area contributed by atoms with Gasteiger partial charge in [-0.15, -0.1) is 0 Å². The standard InChI is InChI=1S/C11H7N3O3/c15-11(16)8-9(7-3-1-6-17-7)13-14-5-2-4-12-10(8)14/h1-6H,(H,15,16). The van der Waals surface area contributed by atoms with E-state index < -0.39 is 5.97 Å². The second kappa shape index (κ2) is 3.44. The molecular formula is C11H7N3O3. The first-order valence-electron chi connectivity index (χ1n) is 4.88. The molecule has 0 unspecified atom stereocenters. The second-order valence-corrected chi connectivity index (χ2v) is 3.39. The predicted molar refractivity (Wildman–Crippen MR) is 57.6 cm³/mol. The average Bonchev–Trinajstić information content (AvgIpc) is 2.95. The van der Waals surface area contributed by atoms with Crippen molar-refractivity contribution in [2.45, 2.75) is 0 Å². The van der Waals surface area contributed by atoms with Gasteiger partial charge in [0, 0.05) is 12.4 Å². The SMILES string of the molecule is O=C(O)c1c(-c2ccco2)nn2cccnc12. The summed E-state index contributed by atoms with van der Waals surface area (Å²) in [6.07, 6.45) is 4.63. The molecular weight excluding hydrogens is 222 g/mol. The number of fused-ring (bicyclic) bond motifs is 1. The van der Waals surface area contributed by atoms with Gasteiger partial charge in [0.15, 0.2) is 11.4 Å². The maximum atomic E-state index is 11.3. The molecule has 0 saturated carbocycles. The maximum absolute atomic E-state index is 11.3. The lowest BCUT2D eigenvalue weighted by atomic mass is 10.2. The topological polar surface area (TPSA) is 80.6 Å². The smallest absolute Gasteiger partial charge is 0.342 e. The van der Waals surface area contributed by atoms with Gasteiger partial charge in [-0.25, -0.2) is 14.3 Å². The van der Waals surface area contributed by atoms with Crippen LogP contribution < -0.4 is 0 Å². The molecule has 3 rings (SSSR count). The lowest BCUT2D eigenvalue weighted by Gasteiger charge is -1.92. The van der Waals surface area contributed by atoms with Crippen LogP contribution in [0, 0.1) is 0 Å². The van der Waals surface area contributed by atoms with Crippen LogP contribution in [-0.2, 0) is 0 Å². The highest BCUT2D eigenvalue weighted by Crippen LogP contribution is 2.25. The minimum Gasteiger partial charge on any atom is -0.477 e. The first kappa shape index (κ1) is 9.59. The minimum atomic E-state index is -1.08. The highest BCUT2D eigenvalue weighted by molar-refractivity contribution is 6.00. The number of aromatic nitrogens is 3. The Morgan fingerprint density at radius 2 is 2.29 bits per heavy atom. The van der Waals surface area contributed by atoms with Gasteiger partial charge in [0.2, 0.25) is 0 Å². The van der Waals surface area contributed by atoms with Gasteiger partial charge in [0.25, 0.3) is 0 Å². The Morgan fingerprint density at radius 3 is 3.00 bits per heavy atom. The van der Waals surface area contributed by atoms with Crippen molar-refractivity contribution in [3.05, 3.63) is 42.4 Å². The van der Waals surface area contributed by atoms with Crippen molar-refractivity contribution in [1.82, 2.24) is 14.6 Å². The largest absolute Gasteiger partial charge is 0.477 e. The Morgan fingerprint density at radius 1 is 1.41 bits per heavy atom. The maximum Gasteiger partial charge on any atom is 0.342 e. The zero-order valence-electron chi connectivity index (χ0n) is 8.57. The number of nitrogens with zero attached hydrogens (tertiary/aromatic N) is 3. The summed E-state index contributed by atoms with van der Waals surface area (Å²) >= 11 is 0. The Bertz CT molecular complexity index is 685. The van der Waals surface area contributed by atoms with Crippen LogP contribution >= 0.6 is 0 Å². The number of carboxylic acids is 1. The van der Waals surface area contributed by atoms with Gasteiger partial charge in [-0.05, 0) is 18.2 Å². The van der Waals surface area contributed by atoms with Gasteiger partial charge < -0.3 is 9.52 Å². The van der Waals surface area contributed by atoms with Crippen molar-refractivity contribution >= 4 is 11.6 Å². The van der Waals surface area contributed by atoms with E-state index in [2.05, 4.69) is 10.1 Å². The molecule has 84 valence electrons. The number of hydrogen-bond donors (Lipinski definition) is 1. The van der Waals surface area contributed by atoms with E-state index in [0.717, 1.165) is 0 Å². The van der Waals surface area contributed by atoms with Gasteiger partial charge in [-0.3, -0.25) is 0 Å². The molecule has 0 amide bonds. The Balaban J connectivity index is 2.38. The molecule has 0 atom stereocenters. The van der Waals surface area contributed by atoms with Crippen molar-refractivity contribution in [3.8, 4) is 11.5 Å². The first-order chi connectivity index (χ1) is 8.27. The molecule has 0 aliphatic carbocycles. The number of rotatable bonds is 2. The van der Waals surface area contributed by atoms with Crippen LogP contribution in [0.1, 0.15) is 10.4 Å². The predicted octanol–water partition coefficient (Wildman–Crippen LogP) is 1.69. The fourth-order valence-corrected chi connectivity index (χ4v) is 1.67. The third kappa shape index (κ3) is 1.38. The summed E-state index contributed by atoms with van der Waals surface area (Å²) in [5, 5.41) is 13.4. The van der Waals surface area contributed by atoms with Crippen LogP contribution in [0.2, 0.25) is 0 Å². The molecule has 6 nitrogen and oxygen atoms in total. The molecule has 0 aliphatic rings. The van der Waals surface area contributed by atoms with Crippen LogP contribution in [-0.4, -0.2) is 25.7 Å². The molecule has 3 aromatic heterocycles. The third-order valence-electron chi connectivity index (χ3n) is 2.36. The van der Waals surface area contributed by atoms with Gasteiger partial charge in [-0.1, -0.05) is 0 Å².